The molecule has 1 atom stereocenters. The smallest absolute Gasteiger partial charge is 0.427 e. The molecule has 15 heteroatoms. The number of nitrogens with zero attached hydrogens (tertiary/aromatic N) is 4. The lowest BCUT2D eigenvalue weighted by molar-refractivity contribution is -0.144. The van der Waals surface area contributed by atoms with Gasteiger partial charge in [0, 0.05) is 35.7 Å². The highest BCUT2D eigenvalue weighted by Gasteiger charge is 2.35. The van der Waals surface area contributed by atoms with Gasteiger partial charge in [-0.1, -0.05) is 37.6 Å². The molecule has 0 bridgehead atoms. The van der Waals surface area contributed by atoms with Crippen molar-refractivity contribution >= 4 is 51.6 Å². The average molecular weight is 706 g/mol. The SMILES string of the molecule is CC(C)CC(=O)OCCc1nc2cc(-c3ncc(C(F)(F)F)s3)c(N)cc2c(=O)n1Cc1ccc(Cl)cc1.O=C1OCC2CCCCN12. The fourth-order valence-corrected chi connectivity index (χ4v) is 6.43. The molecule has 2 aliphatic heterocycles. The van der Waals surface area contributed by atoms with E-state index in [2.05, 4.69) is 9.97 Å². The average Bonchev–Trinajstić information content (AvgIpc) is 3.68. The molecule has 256 valence electrons. The molecule has 0 spiro atoms. The van der Waals surface area contributed by atoms with Gasteiger partial charge in [0.2, 0.25) is 0 Å². The maximum absolute atomic E-state index is 13.6. The molecule has 0 radical (unpaired) electrons. The number of halogens is 4. The van der Waals surface area contributed by atoms with E-state index in [0.717, 1.165) is 31.1 Å². The maximum atomic E-state index is 13.6. The molecule has 0 saturated carbocycles. The molecular formula is C33H35ClF3N5O5S. The van der Waals surface area contributed by atoms with Crippen LogP contribution >= 0.6 is 22.9 Å². The topological polar surface area (TPSA) is 130 Å². The molecule has 2 aromatic carbocycles. The summed E-state index contributed by atoms with van der Waals surface area (Å²) in [7, 11) is 0. The molecule has 1 unspecified atom stereocenters. The van der Waals surface area contributed by atoms with E-state index >= 15 is 0 Å². The van der Waals surface area contributed by atoms with Gasteiger partial charge in [-0.15, -0.1) is 11.3 Å². The summed E-state index contributed by atoms with van der Waals surface area (Å²) >= 11 is 6.45. The Morgan fingerprint density at radius 1 is 1.19 bits per heavy atom. The quantitative estimate of drug-likeness (QED) is 0.154. The van der Waals surface area contributed by atoms with E-state index in [1.807, 2.05) is 18.7 Å². The number of thiazole rings is 1. The predicted octanol–water partition coefficient (Wildman–Crippen LogP) is 6.95. The molecule has 2 N–H and O–H groups in total. The highest BCUT2D eigenvalue weighted by Crippen LogP contribution is 2.39. The number of hydrogen-bond acceptors (Lipinski definition) is 9. The van der Waals surface area contributed by atoms with Crippen molar-refractivity contribution in [1.29, 1.82) is 0 Å². The first-order valence-corrected chi connectivity index (χ1v) is 16.7. The minimum Gasteiger partial charge on any atom is -0.465 e. The summed E-state index contributed by atoms with van der Waals surface area (Å²) in [5.41, 5.74) is 7.16. The van der Waals surface area contributed by atoms with Crippen LogP contribution < -0.4 is 11.3 Å². The first-order chi connectivity index (χ1) is 22.8. The van der Waals surface area contributed by atoms with E-state index in [1.54, 1.807) is 24.3 Å². The molecule has 2 fully saturated rings. The Morgan fingerprint density at radius 2 is 1.94 bits per heavy atom. The third-order valence-corrected chi connectivity index (χ3v) is 9.23. The second kappa shape index (κ2) is 14.9. The zero-order chi connectivity index (χ0) is 34.6. The Balaban J connectivity index is 0.000000380. The zero-order valence-corrected chi connectivity index (χ0v) is 28.0. The van der Waals surface area contributed by atoms with Crippen molar-refractivity contribution < 1.29 is 32.2 Å². The number of carbonyl (C=O) groups excluding carboxylic acids is 2. The minimum absolute atomic E-state index is 0.00731. The number of hydrogen-bond donors (Lipinski definition) is 1. The summed E-state index contributed by atoms with van der Waals surface area (Å²) in [6.07, 6.45) is 0.0455. The minimum atomic E-state index is -4.53. The van der Waals surface area contributed by atoms with Crippen LogP contribution in [-0.2, 0) is 33.4 Å². The van der Waals surface area contributed by atoms with Crippen LogP contribution in [0.5, 0.6) is 0 Å². The van der Waals surface area contributed by atoms with Crippen molar-refractivity contribution in [2.45, 2.75) is 64.7 Å². The fraction of sp³-hybridized carbons (Fsp3) is 0.424. The second-order valence-corrected chi connectivity index (χ2v) is 13.5. The number of piperidine rings is 1. The highest BCUT2D eigenvalue weighted by atomic mass is 35.5. The number of carbonyl (C=O) groups is 2. The van der Waals surface area contributed by atoms with E-state index in [4.69, 9.17) is 26.8 Å². The van der Waals surface area contributed by atoms with Crippen LogP contribution in [0.1, 0.15) is 55.8 Å². The number of fused-ring (bicyclic) bond motifs is 2. The van der Waals surface area contributed by atoms with Gasteiger partial charge in [0.15, 0.2) is 0 Å². The van der Waals surface area contributed by atoms with Crippen LogP contribution in [-0.4, -0.2) is 57.3 Å². The predicted molar refractivity (Wildman–Crippen MR) is 177 cm³/mol. The van der Waals surface area contributed by atoms with Gasteiger partial charge in [0.05, 0.1) is 36.3 Å². The van der Waals surface area contributed by atoms with Gasteiger partial charge < -0.3 is 20.1 Å². The number of esters is 1. The van der Waals surface area contributed by atoms with Gasteiger partial charge in [0.1, 0.15) is 22.3 Å². The number of amides is 1. The Hall–Kier alpha value is -4.17. The largest absolute Gasteiger partial charge is 0.465 e. The number of alkyl halides is 3. The summed E-state index contributed by atoms with van der Waals surface area (Å²) in [5, 5.41) is 0.813. The lowest BCUT2D eigenvalue weighted by Gasteiger charge is -2.25. The second-order valence-electron chi connectivity index (χ2n) is 12.0. The normalized spacial score (nSPS) is 16.0. The molecule has 2 aliphatic rings. The Bertz CT molecular complexity index is 1840. The zero-order valence-electron chi connectivity index (χ0n) is 26.4. The molecule has 2 aromatic heterocycles. The number of cyclic esters (lactones) is 1. The summed E-state index contributed by atoms with van der Waals surface area (Å²) in [6.45, 7) is 5.52. The van der Waals surface area contributed by atoms with Crippen molar-refractivity contribution in [3.8, 4) is 10.6 Å². The van der Waals surface area contributed by atoms with Crippen LogP contribution in [0.2, 0.25) is 5.02 Å². The number of rotatable bonds is 8. The number of benzene rings is 2. The summed E-state index contributed by atoms with van der Waals surface area (Å²) in [6, 6.07) is 10.2. The first-order valence-electron chi connectivity index (χ1n) is 15.5. The first kappa shape index (κ1) is 35.1. The molecule has 10 nitrogen and oxygen atoms in total. The van der Waals surface area contributed by atoms with Crippen molar-refractivity contribution in [2.24, 2.45) is 5.92 Å². The maximum Gasteiger partial charge on any atom is 0.427 e. The van der Waals surface area contributed by atoms with Gasteiger partial charge >= 0.3 is 18.2 Å². The van der Waals surface area contributed by atoms with Crippen LogP contribution in [0.15, 0.2) is 47.4 Å². The lowest BCUT2D eigenvalue weighted by atomic mass is 10.0. The fourth-order valence-electron chi connectivity index (χ4n) is 5.49. The third kappa shape index (κ3) is 8.45. The number of nitrogen functional groups attached to an aromatic ring is 1. The van der Waals surface area contributed by atoms with Crippen LogP contribution in [0.25, 0.3) is 21.5 Å². The van der Waals surface area contributed by atoms with E-state index in [1.165, 1.54) is 23.1 Å². The van der Waals surface area contributed by atoms with E-state index in [9.17, 15) is 27.6 Å². The third-order valence-electron chi connectivity index (χ3n) is 7.90. The van der Waals surface area contributed by atoms with Crippen LogP contribution in [0.4, 0.5) is 23.7 Å². The molecule has 0 aliphatic carbocycles. The molecule has 1 amide bonds. The Labute approximate surface area is 283 Å². The lowest BCUT2D eigenvalue weighted by Crippen LogP contribution is -2.37. The molecule has 4 aromatic rings. The Morgan fingerprint density at radius 3 is 2.60 bits per heavy atom. The van der Waals surface area contributed by atoms with Crippen LogP contribution in [0, 0.1) is 5.92 Å². The molecule has 2 saturated heterocycles. The molecular weight excluding hydrogens is 671 g/mol. The number of ether oxygens (including phenoxy) is 2. The molecule has 48 heavy (non-hydrogen) atoms. The summed E-state index contributed by atoms with van der Waals surface area (Å²) in [4.78, 5) is 46.0. The van der Waals surface area contributed by atoms with E-state index in [-0.39, 0.29) is 76.7 Å². The van der Waals surface area contributed by atoms with Crippen molar-refractivity contribution in [1.82, 2.24) is 19.4 Å². The molecule has 6 rings (SSSR count). The number of nitrogens with two attached hydrogens (primary N) is 1. The van der Waals surface area contributed by atoms with Crippen molar-refractivity contribution in [2.75, 3.05) is 25.5 Å². The van der Waals surface area contributed by atoms with E-state index in [0.29, 0.717) is 34.8 Å². The standard InChI is InChI=1S/C26H24ClF3N4O3S.C7H11NO2/c1-14(2)9-23(35)37-8-7-22-33-20-11-17(24-32-12-21(38-24)26(28,29)30)19(31)10-18(20)25(36)34(22)13-15-3-5-16(27)6-4-15;9-7-8-4-2-1-3-6(8)5-10-7/h3-6,10-12,14H,7-9,13,31H2,1-2H3;6H,1-5H2. The molecule has 4 heterocycles. The van der Waals surface area contributed by atoms with Crippen molar-refractivity contribution in [3.05, 3.63) is 74.2 Å². The van der Waals surface area contributed by atoms with Gasteiger partial charge in [0.25, 0.3) is 5.56 Å². The highest BCUT2D eigenvalue weighted by molar-refractivity contribution is 7.15. The van der Waals surface area contributed by atoms with Gasteiger partial charge in [-0.25, -0.2) is 14.8 Å². The van der Waals surface area contributed by atoms with Crippen molar-refractivity contribution in [3.63, 3.8) is 0 Å². The number of aromatic nitrogens is 3. The van der Waals surface area contributed by atoms with Gasteiger partial charge in [-0.2, -0.15) is 13.2 Å². The van der Waals surface area contributed by atoms with Crippen LogP contribution in [0.3, 0.4) is 0 Å². The van der Waals surface area contributed by atoms with Gasteiger partial charge in [-0.3, -0.25) is 14.2 Å². The Kier molecular flexibility index (Phi) is 10.9. The summed E-state index contributed by atoms with van der Waals surface area (Å²) < 4.78 is 51.0. The van der Waals surface area contributed by atoms with E-state index < -0.39 is 11.1 Å². The summed E-state index contributed by atoms with van der Waals surface area (Å²) in [5.74, 6) is 0.129. The number of anilines is 1. The monoisotopic (exact) mass is 705 g/mol. The van der Waals surface area contributed by atoms with Gasteiger partial charge in [-0.05, 0) is 55.0 Å².